The Morgan fingerprint density at radius 2 is 1.74 bits per heavy atom. The topological polar surface area (TPSA) is 52.3 Å². The van der Waals surface area contributed by atoms with Gasteiger partial charge in [-0.2, -0.15) is 0 Å². The van der Waals surface area contributed by atoms with Gasteiger partial charge in [0.25, 0.3) is 0 Å². The lowest BCUT2D eigenvalue weighted by atomic mass is 9.94. The fraction of sp³-hybridized carbons (Fsp3) is 0.174. The molecule has 0 bridgehead atoms. The number of Topliss-reactive ketones (excluding diaryl/α,β-unsaturated/α-hetero) is 1. The van der Waals surface area contributed by atoms with E-state index >= 15 is 0 Å². The molecule has 1 aliphatic rings. The Morgan fingerprint density at radius 3 is 2.56 bits per heavy atom. The molecule has 0 spiro atoms. The third kappa shape index (κ3) is 3.33. The lowest BCUT2D eigenvalue weighted by Gasteiger charge is -2.13. The number of hydrogen-bond acceptors (Lipinski definition) is 4. The van der Waals surface area contributed by atoms with E-state index in [2.05, 4.69) is 18.2 Å². The van der Waals surface area contributed by atoms with Crippen molar-refractivity contribution in [2.45, 2.75) is 25.2 Å². The van der Waals surface area contributed by atoms with Crippen LogP contribution in [-0.2, 0) is 4.79 Å². The third-order valence-electron chi connectivity index (χ3n) is 4.58. The first kappa shape index (κ1) is 17.7. The summed E-state index contributed by atoms with van der Waals surface area (Å²) in [6, 6.07) is 21.8. The van der Waals surface area contributed by atoms with Crippen LogP contribution in [0.2, 0.25) is 0 Å². The molecule has 3 nitrogen and oxygen atoms in total. The minimum absolute atomic E-state index is 0.0514. The van der Waals surface area contributed by atoms with Crippen LogP contribution in [-0.4, -0.2) is 11.9 Å². The Morgan fingerprint density at radius 1 is 1.00 bits per heavy atom. The van der Waals surface area contributed by atoms with Crippen LogP contribution in [0, 0.1) is 0 Å². The van der Waals surface area contributed by atoms with Crippen LogP contribution in [0.5, 0.6) is 5.75 Å². The summed E-state index contributed by atoms with van der Waals surface area (Å²) in [6.07, 6.45) is 0.0728. The number of benzene rings is 3. The molecule has 2 N–H and O–H groups in total. The zero-order valence-electron chi connectivity index (χ0n) is 15.3. The average molecular weight is 375 g/mol. The summed E-state index contributed by atoms with van der Waals surface area (Å²) in [5.41, 5.74) is 8.72. The Bertz CT molecular complexity index is 1050. The van der Waals surface area contributed by atoms with Gasteiger partial charge in [0.2, 0.25) is 0 Å². The van der Waals surface area contributed by atoms with Crippen molar-refractivity contribution in [3.63, 3.8) is 0 Å². The first-order chi connectivity index (χ1) is 13.0. The zero-order chi connectivity index (χ0) is 19.0. The fourth-order valence-electron chi connectivity index (χ4n) is 3.46. The molecule has 136 valence electrons. The molecule has 1 atom stereocenters. The summed E-state index contributed by atoms with van der Waals surface area (Å²) < 4.78 is 5.77. The second-order valence-corrected chi connectivity index (χ2v) is 8.01. The normalized spacial score (nSPS) is 17.1. The van der Waals surface area contributed by atoms with Gasteiger partial charge in [0, 0.05) is 0 Å². The maximum absolute atomic E-state index is 13.3. The Hall–Kier alpha value is -2.72. The van der Waals surface area contributed by atoms with E-state index in [1.54, 1.807) is 0 Å². The number of hydrogen-bond donors (Lipinski definition) is 1. The Kier molecular flexibility index (Phi) is 4.66. The molecular formula is C23H21NO2S. The molecule has 0 aliphatic carbocycles. The lowest BCUT2D eigenvalue weighted by molar-refractivity contribution is -0.113. The first-order valence-electron chi connectivity index (χ1n) is 9.00. The number of rotatable bonds is 4. The van der Waals surface area contributed by atoms with Gasteiger partial charge in [-0.25, -0.2) is 0 Å². The number of thioether (sulfide) groups is 1. The van der Waals surface area contributed by atoms with Gasteiger partial charge in [-0.3, -0.25) is 4.79 Å². The van der Waals surface area contributed by atoms with Gasteiger partial charge in [-0.05, 0) is 47.9 Å². The van der Waals surface area contributed by atoms with Gasteiger partial charge in [0.15, 0.2) is 5.78 Å². The number of ether oxygens (including phenoxy) is 1. The van der Waals surface area contributed by atoms with E-state index in [1.165, 1.54) is 11.8 Å². The third-order valence-corrected chi connectivity index (χ3v) is 5.74. The highest BCUT2D eigenvalue weighted by Crippen LogP contribution is 2.48. The van der Waals surface area contributed by atoms with Crippen LogP contribution in [0.1, 0.15) is 30.2 Å². The molecule has 27 heavy (non-hydrogen) atoms. The van der Waals surface area contributed by atoms with Gasteiger partial charge in [-0.1, -0.05) is 66.4 Å². The highest BCUT2D eigenvalue weighted by atomic mass is 32.2. The highest BCUT2D eigenvalue weighted by Gasteiger charge is 2.35. The molecule has 1 aliphatic heterocycles. The molecule has 0 fully saturated rings. The monoisotopic (exact) mass is 375 g/mol. The number of nitrogens with two attached hydrogens (primary N) is 1. The molecule has 0 aromatic heterocycles. The fourth-order valence-corrected chi connectivity index (χ4v) is 4.60. The largest absolute Gasteiger partial charge is 0.491 e. The van der Waals surface area contributed by atoms with Gasteiger partial charge < -0.3 is 10.5 Å². The summed E-state index contributed by atoms with van der Waals surface area (Å²) in [6.45, 7) is 3.96. The maximum atomic E-state index is 13.3. The van der Waals surface area contributed by atoms with Crippen LogP contribution in [0.4, 0.5) is 0 Å². The molecule has 3 aromatic rings. The number of allylic oxidation sites excluding steroid dienone is 1. The molecule has 0 radical (unpaired) electrons. The van der Waals surface area contributed by atoms with E-state index in [0.717, 1.165) is 27.6 Å². The second kappa shape index (κ2) is 7.12. The van der Waals surface area contributed by atoms with Crippen molar-refractivity contribution in [2.75, 3.05) is 0 Å². The van der Waals surface area contributed by atoms with E-state index in [9.17, 15) is 4.79 Å². The molecular weight excluding hydrogens is 354 g/mol. The van der Waals surface area contributed by atoms with Crippen molar-refractivity contribution in [2.24, 2.45) is 5.73 Å². The van der Waals surface area contributed by atoms with Gasteiger partial charge >= 0.3 is 0 Å². The predicted octanol–water partition coefficient (Wildman–Crippen LogP) is 5.31. The van der Waals surface area contributed by atoms with E-state index < -0.39 is 0 Å². The van der Waals surface area contributed by atoms with Crippen LogP contribution >= 0.6 is 11.8 Å². The number of ketones is 1. The number of carbonyl (C=O) groups is 1. The van der Waals surface area contributed by atoms with Crippen molar-refractivity contribution >= 4 is 33.9 Å². The summed E-state index contributed by atoms with van der Waals surface area (Å²) in [5.74, 6) is 0.796. The molecule has 0 saturated carbocycles. The van der Waals surface area contributed by atoms with Crippen molar-refractivity contribution < 1.29 is 9.53 Å². The summed E-state index contributed by atoms with van der Waals surface area (Å²) >= 11 is 1.43. The molecule has 1 unspecified atom stereocenters. The Labute approximate surface area is 163 Å². The van der Waals surface area contributed by atoms with Crippen LogP contribution in [0.3, 0.4) is 0 Å². The predicted molar refractivity (Wildman–Crippen MR) is 113 cm³/mol. The minimum atomic E-state index is -0.319. The van der Waals surface area contributed by atoms with Crippen LogP contribution < -0.4 is 10.5 Å². The van der Waals surface area contributed by atoms with Crippen molar-refractivity contribution in [1.29, 1.82) is 0 Å². The van der Waals surface area contributed by atoms with E-state index in [1.807, 2.05) is 62.4 Å². The zero-order valence-corrected chi connectivity index (χ0v) is 16.1. The quantitative estimate of drug-likeness (QED) is 0.671. The number of fused-ring (bicyclic) bond motifs is 1. The first-order valence-corrected chi connectivity index (χ1v) is 9.88. The van der Waals surface area contributed by atoms with Crippen molar-refractivity contribution in [3.8, 4) is 5.75 Å². The van der Waals surface area contributed by atoms with Crippen LogP contribution in [0.15, 0.2) is 71.8 Å². The highest BCUT2D eigenvalue weighted by molar-refractivity contribution is 8.04. The van der Waals surface area contributed by atoms with Gasteiger partial charge in [0.05, 0.1) is 22.0 Å². The number of carbonyl (C=O) groups excluding carboxylic acids is 1. The lowest BCUT2D eigenvalue weighted by Crippen LogP contribution is -2.08. The molecule has 0 amide bonds. The van der Waals surface area contributed by atoms with E-state index in [-0.39, 0.29) is 17.1 Å². The van der Waals surface area contributed by atoms with Crippen molar-refractivity contribution in [1.82, 2.24) is 0 Å². The van der Waals surface area contributed by atoms with Crippen LogP contribution in [0.25, 0.3) is 16.3 Å². The standard InChI is InChI=1S/C23H21NO2S/c1-14(2)26-17-10-5-9-16(13-17)20-21(25)22(27-23(20)24)19-12-6-8-15-7-3-4-11-18(15)19/h3-14,22H,24H2,1-2H3. The SMILES string of the molecule is CC(C)Oc1cccc(C2=C(N)SC(c3cccc4ccccc34)C2=O)c1. The minimum Gasteiger partial charge on any atom is -0.491 e. The van der Waals surface area contributed by atoms with Gasteiger partial charge in [0.1, 0.15) is 5.75 Å². The molecule has 1 heterocycles. The summed E-state index contributed by atoms with van der Waals surface area (Å²) in [7, 11) is 0. The van der Waals surface area contributed by atoms with E-state index in [0.29, 0.717) is 10.6 Å². The van der Waals surface area contributed by atoms with E-state index in [4.69, 9.17) is 10.5 Å². The molecule has 3 aromatic carbocycles. The molecule has 4 rings (SSSR count). The molecule has 4 heteroatoms. The smallest absolute Gasteiger partial charge is 0.183 e. The Balaban J connectivity index is 1.71. The second-order valence-electron chi connectivity index (χ2n) is 6.86. The molecule has 0 saturated heterocycles. The average Bonchev–Trinajstić information content (AvgIpc) is 2.95. The summed E-state index contributed by atoms with van der Waals surface area (Å²) in [4.78, 5) is 13.3. The summed E-state index contributed by atoms with van der Waals surface area (Å²) in [5, 5.41) is 2.47. The maximum Gasteiger partial charge on any atom is 0.183 e. The van der Waals surface area contributed by atoms with Crippen molar-refractivity contribution in [3.05, 3.63) is 82.9 Å². The van der Waals surface area contributed by atoms with Gasteiger partial charge in [-0.15, -0.1) is 0 Å².